The summed E-state index contributed by atoms with van der Waals surface area (Å²) in [4.78, 5) is 15.2. The van der Waals surface area contributed by atoms with Gasteiger partial charge in [-0.2, -0.15) is 5.10 Å². The molecule has 1 saturated heterocycles. The van der Waals surface area contributed by atoms with Crippen LogP contribution in [0.3, 0.4) is 0 Å². The Bertz CT molecular complexity index is 847. The van der Waals surface area contributed by atoms with Crippen molar-refractivity contribution >= 4 is 5.91 Å². The number of benzene rings is 1. The van der Waals surface area contributed by atoms with Crippen molar-refractivity contribution in [3.63, 3.8) is 0 Å². The van der Waals surface area contributed by atoms with Gasteiger partial charge in [-0.1, -0.05) is 45.0 Å². The summed E-state index contributed by atoms with van der Waals surface area (Å²) < 4.78 is 2.04. The summed E-state index contributed by atoms with van der Waals surface area (Å²) in [6.45, 7) is 15.6. The van der Waals surface area contributed by atoms with Gasteiger partial charge in [0, 0.05) is 30.9 Å². The Morgan fingerprint density at radius 1 is 1.17 bits per heavy atom. The van der Waals surface area contributed by atoms with E-state index in [0.29, 0.717) is 18.9 Å². The normalized spacial score (nSPS) is 15.7. The number of hydrogen-bond donors (Lipinski definition) is 1. The molecule has 0 atom stereocenters. The molecule has 1 amide bonds. The van der Waals surface area contributed by atoms with Crippen molar-refractivity contribution < 1.29 is 4.79 Å². The zero-order valence-corrected chi connectivity index (χ0v) is 19.4. The van der Waals surface area contributed by atoms with E-state index >= 15 is 0 Å². The largest absolute Gasteiger partial charge is 0.352 e. The van der Waals surface area contributed by atoms with Crippen molar-refractivity contribution in [2.45, 2.75) is 73.5 Å². The highest BCUT2D eigenvalue weighted by Gasteiger charge is 2.18. The molecule has 5 heteroatoms. The zero-order chi connectivity index (χ0) is 21.7. The van der Waals surface area contributed by atoms with E-state index in [0.717, 1.165) is 36.0 Å². The molecule has 2 heterocycles. The van der Waals surface area contributed by atoms with Gasteiger partial charge in [-0.05, 0) is 62.7 Å². The van der Waals surface area contributed by atoms with Gasteiger partial charge in [0.15, 0.2) is 0 Å². The van der Waals surface area contributed by atoms with Crippen molar-refractivity contribution in [2.24, 2.45) is 11.8 Å². The van der Waals surface area contributed by atoms with Gasteiger partial charge >= 0.3 is 0 Å². The van der Waals surface area contributed by atoms with Gasteiger partial charge < -0.3 is 5.32 Å². The monoisotopic (exact) mass is 410 g/mol. The predicted molar refractivity (Wildman–Crippen MR) is 122 cm³/mol. The summed E-state index contributed by atoms with van der Waals surface area (Å²) in [6, 6.07) is 8.50. The summed E-state index contributed by atoms with van der Waals surface area (Å²) in [5.41, 5.74) is 5.67. The molecule has 1 aliphatic rings. The molecule has 1 fully saturated rings. The minimum absolute atomic E-state index is 0.0619. The molecule has 0 radical (unpaired) electrons. The molecular formula is C25H38N4O. The predicted octanol–water partition coefficient (Wildman–Crippen LogP) is 4.25. The van der Waals surface area contributed by atoms with Gasteiger partial charge in [-0.3, -0.25) is 14.4 Å². The van der Waals surface area contributed by atoms with Gasteiger partial charge in [0.05, 0.1) is 12.1 Å². The zero-order valence-electron chi connectivity index (χ0n) is 19.4. The van der Waals surface area contributed by atoms with E-state index in [1.165, 1.54) is 37.1 Å². The molecular weight excluding hydrogens is 372 g/mol. The summed E-state index contributed by atoms with van der Waals surface area (Å²) in [5.74, 6) is 1.43. The summed E-state index contributed by atoms with van der Waals surface area (Å²) >= 11 is 0. The van der Waals surface area contributed by atoms with Crippen LogP contribution in [-0.4, -0.2) is 33.7 Å². The molecule has 1 aliphatic heterocycles. The lowest BCUT2D eigenvalue weighted by atomic mass is 9.98. The molecule has 1 aromatic carbocycles. The number of aromatic nitrogens is 2. The molecule has 0 spiro atoms. The van der Waals surface area contributed by atoms with Gasteiger partial charge in [0.2, 0.25) is 5.91 Å². The third kappa shape index (κ3) is 5.94. The Morgan fingerprint density at radius 2 is 1.83 bits per heavy atom. The fourth-order valence-electron chi connectivity index (χ4n) is 4.28. The number of nitrogens with zero attached hydrogens (tertiary/aromatic N) is 3. The number of hydrogen-bond acceptors (Lipinski definition) is 3. The standard InChI is InChI=1S/C25H38N4O/c1-18(2)16-29-21(5)24(20(4)27-29)14-25(30)26-15-22-8-6-7-9-23(22)17-28-12-10-19(3)11-13-28/h6-9,18-19H,10-17H2,1-5H3,(H,26,30). The molecule has 3 rings (SSSR count). The van der Waals surface area contributed by atoms with Crippen LogP contribution >= 0.6 is 0 Å². The molecule has 0 saturated carbocycles. The van der Waals surface area contributed by atoms with Crippen molar-refractivity contribution in [3.05, 3.63) is 52.3 Å². The first-order chi connectivity index (χ1) is 14.3. The smallest absolute Gasteiger partial charge is 0.224 e. The van der Waals surface area contributed by atoms with Crippen LogP contribution in [0.15, 0.2) is 24.3 Å². The fraction of sp³-hybridized carbons (Fsp3) is 0.600. The van der Waals surface area contributed by atoms with E-state index in [2.05, 4.69) is 67.3 Å². The minimum Gasteiger partial charge on any atom is -0.352 e. The highest BCUT2D eigenvalue weighted by Crippen LogP contribution is 2.20. The van der Waals surface area contributed by atoms with Crippen LogP contribution in [0.2, 0.25) is 0 Å². The number of piperidine rings is 1. The first-order valence-corrected chi connectivity index (χ1v) is 11.4. The fourth-order valence-corrected chi connectivity index (χ4v) is 4.28. The van der Waals surface area contributed by atoms with Crippen molar-refractivity contribution in [1.82, 2.24) is 20.0 Å². The third-order valence-corrected chi connectivity index (χ3v) is 6.27. The molecule has 0 unspecified atom stereocenters. The van der Waals surface area contributed by atoms with Crippen molar-refractivity contribution in [2.75, 3.05) is 13.1 Å². The van der Waals surface area contributed by atoms with E-state index in [1.54, 1.807) is 0 Å². The molecule has 5 nitrogen and oxygen atoms in total. The van der Waals surface area contributed by atoms with Crippen LogP contribution in [0.25, 0.3) is 0 Å². The van der Waals surface area contributed by atoms with Gasteiger partial charge in [0.1, 0.15) is 0 Å². The van der Waals surface area contributed by atoms with E-state index < -0.39 is 0 Å². The minimum atomic E-state index is 0.0619. The number of likely N-dealkylation sites (tertiary alicyclic amines) is 1. The summed E-state index contributed by atoms with van der Waals surface area (Å²) in [7, 11) is 0. The van der Waals surface area contributed by atoms with Crippen LogP contribution in [0.5, 0.6) is 0 Å². The molecule has 1 aromatic heterocycles. The molecule has 164 valence electrons. The molecule has 1 N–H and O–H groups in total. The molecule has 2 aromatic rings. The maximum absolute atomic E-state index is 12.7. The number of aryl methyl sites for hydroxylation is 1. The first-order valence-electron chi connectivity index (χ1n) is 11.4. The van der Waals surface area contributed by atoms with Crippen LogP contribution in [0.4, 0.5) is 0 Å². The lowest BCUT2D eigenvalue weighted by Crippen LogP contribution is -2.33. The number of carbonyl (C=O) groups excluding carboxylic acids is 1. The highest BCUT2D eigenvalue weighted by atomic mass is 16.1. The Kier molecular flexibility index (Phi) is 7.70. The number of rotatable bonds is 8. The Balaban J connectivity index is 1.58. The van der Waals surface area contributed by atoms with Gasteiger partial charge in [0.25, 0.3) is 0 Å². The molecule has 0 bridgehead atoms. The Hall–Kier alpha value is -2.14. The van der Waals surface area contributed by atoms with E-state index in [1.807, 2.05) is 11.6 Å². The SMILES string of the molecule is Cc1nn(CC(C)C)c(C)c1CC(=O)NCc1ccccc1CN1CCC(C)CC1. The van der Waals surface area contributed by atoms with Crippen molar-refractivity contribution in [1.29, 1.82) is 0 Å². The lowest BCUT2D eigenvalue weighted by molar-refractivity contribution is -0.120. The van der Waals surface area contributed by atoms with Crippen LogP contribution in [0.1, 0.15) is 61.7 Å². The van der Waals surface area contributed by atoms with Gasteiger partial charge in [-0.25, -0.2) is 0 Å². The van der Waals surface area contributed by atoms with Crippen molar-refractivity contribution in [3.8, 4) is 0 Å². The van der Waals surface area contributed by atoms with E-state index in [-0.39, 0.29) is 5.91 Å². The second kappa shape index (κ2) is 10.3. The van der Waals surface area contributed by atoms with E-state index in [9.17, 15) is 4.79 Å². The van der Waals surface area contributed by atoms with Crippen LogP contribution < -0.4 is 5.32 Å². The number of carbonyl (C=O) groups is 1. The average molecular weight is 411 g/mol. The summed E-state index contributed by atoms with van der Waals surface area (Å²) in [5, 5.41) is 7.78. The molecule has 30 heavy (non-hydrogen) atoms. The summed E-state index contributed by atoms with van der Waals surface area (Å²) in [6.07, 6.45) is 2.95. The third-order valence-electron chi connectivity index (χ3n) is 6.27. The van der Waals surface area contributed by atoms with E-state index in [4.69, 9.17) is 0 Å². The van der Waals surface area contributed by atoms with Crippen LogP contribution in [-0.2, 0) is 30.8 Å². The Labute approximate surface area is 181 Å². The quantitative estimate of drug-likeness (QED) is 0.708. The molecule has 0 aliphatic carbocycles. The average Bonchev–Trinajstić information content (AvgIpc) is 2.96. The maximum Gasteiger partial charge on any atom is 0.224 e. The topological polar surface area (TPSA) is 50.2 Å². The van der Waals surface area contributed by atoms with Crippen LogP contribution in [0, 0.1) is 25.7 Å². The highest BCUT2D eigenvalue weighted by molar-refractivity contribution is 5.79. The second-order valence-corrected chi connectivity index (χ2v) is 9.41. The first kappa shape index (κ1) is 22.5. The number of amides is 1. The Morgan fingerprint density at radius 3 is 2.50 bits per heavy atom. The lowest BCUT2D eigenvalue weighted by Gasteiger charge is -2.30. The van der Waals surface area contributed by atoms with Gasteiger partial charge in [-0.15, -0.1) is 0 Å². The second-order valence-electron chi connectivity index (χ2n) is 9.41. The number of nitrogens with one attached hydrogen (secondary N) is 1. The maximum atomic E-state index is 12.7.